The Balaban J connectivity index is 2.32. The van der Waals surface area contributed by atoms with Crippen LogP contribution in [0.15, 0.2) is 0 Å². The second kappa shape index (κ2) is 1.32. The minimum absolute atomic E-state index is 1.42. The van der Waals surface area contributed by atoms with Crippen molar-refractivity contribution in [2.45, 2.75) is 0 Å². The van der Waals surface area contributed by atoms with Gasteiger partial charge >= 0.3 is 7.12 Å². The third-order valence-electron chi connectivity index (χ3n) is 0. The van der Waals surface area contributed by atoms with Crippen molar-refractivity contribution in [3.63, 3.8) is 0 Å². The van der Waals surface area contributed by atoms with Crippen molar-refractivity contribution in [2.75, 3.05) is 0 Å². The molecular formula is CH4BO2. The van der Waals surface area contributed by atoms with Crippen LogP contribution in [0, 0.1) is 6.82 Å². The molecule has 2 N–H and O–H groups in total. The molecule has 0 rings (SSSR count). The van der Waals surface area contributed by atoms with Crippen molar-refractivity contribution < 1.29 is 10.0 Å². The maximum absolute atomic E-state index is 7.50. The Morgan fingerprint density at radius 2 is 1.50 bits per heavy atom. The molecule has 0 aromatic heterocycles. The lowest BCUT2D eigenvalue weighted by Crippen LogP contribution is -2.02. The lowest BCUT2D eigenvalue weighted by atomic mass is 9.99. The summed E-state index contributed by atoms with van der Waals surface area (Å²) in [6.07, 6.45) is 0. The van der Waals surface area contributed by atoms with Gasteiger partial charge in [-0.05, 0) is 6.82 Å². The Labute approximate surface area is 25.2 Å². The van der Waals surface area contributed by atoms with Crippen LogP contribution in [-0.2, 0) is 0 Å². The lowest BCUT2D eigenvalue weighted by molar-refractivity contribution is 0.423. The maximum Gasteiger partial charge on any atom is 0.450 e. The Morgan fingerprint density at radius 1 is 1.50 bits per heavy atom. The van der Waals surface area contributed by atoms with Crippen LogP contribution in [-0.4, -0.2) is 17.2 Å². The fourth-order valence-corrected chi connectivity index (χ4v) is 0. The van der Waals surface area contributed by atoms with Crippen LogP contribution in [0.4, 0.5) is 0 Å². The van der Waals surface area contributed by atoms with E-state index < -0.39 is 7.12 Å². The number of hydrogen-bond donors (Lipinski definition) is 2. The van der Waals surface area contributed by atoms with Gasteiger partial charge in [-0.15, -0.1) is 0 Å². The summed E-state index contributed by atoms with van der Waals surface area (Å²) in [4.78, 5) is 0. The topological polar surface area (TPSA) is 40.5 Å². The van der Waals surface area contributed by atoms with Gasteiger partial charge in [0, 0.05) is 0 Å². The standard InChI is InChI=1S/CH4BO2/c1-2(3)4/h3-4H,1H2. The third-order valence-corrected chi connectivity index (χ3v) is 0. The van der Waals surface area contributed by atoms with Gasteiger partial charge in [-0.3, -0.25) is 0 Å². The SMILES string of the molecule is [CH2]B(O)O. The maximum atomic E-state index is 7.50. The summed E-state index contributed by atoms with van der Waals surface area (Å²) >= 11 is 0. The minimum Gasteiger partial charge on any atom is -0.427 e. The summed E-state index contributed by atoms with van der Waals surface area (Å²) in [5.41, 5.74) is 0. The molecule has 0 saturated heterocycles. The average Bonchev–Trinajstić information content (AvgIpc) is 0.811. The lowest BCUT2D eigenvalue weighted by Gasteiger charge is -1.70. The summed E-state index contributed by atoms with van der Waals surface area (Å²) < 4.78 is 0. The molecule has 0 spiro atoms. The molecule has 0 aliphatic carbocycles. The van der Waals surface area contributed by atoms with E-state index in [1.54, 1.807) is 0 Å². The van der Waals surface area contributed by atoms with E-state index in [4.69, 9.17) is 10.0 Å². The van der Waals surface area contributed by atoms with Crippen LogP contribution in [0.5, 0.6) is 0 Å². The molecule has 2 nitrogen and oxygen atoms in total. The zero-order valence-corrected chi connectivity index (χ0v) is 2.18. The van der Waals surface area contributed by atoms with E-state index in [0.29, 0.717) is 0 Å². The van der Waals surface area contributed by atoms with E-state index in [2.05, 4.69) is 6.82 Å². The highest BCUT2D eigenvalue weighted by molar-refractivity contribution is 6.43. The number of hydrogen-bond acceptors (Lipinski definition) is 2. The zero-order chi connectivity index (χ0) is 3.58. The molecule has 0 unspecified atom stereocenters. The van der Waals surface area contributed by atoms with Gasteiger partial charge in [-0.25, -0.2) is 0 Å². The summed E-state index contributed by atoms with van der Waals surface area (Å²) in [5, 5.41) is 15.0. The van der Waals surface area contributed by atoms with Gasteiger partial charge in [0.05, 0.1) is 0 Å². The molecule has 4 heavy (non-hydrogen) atoms. The smallest absolute Gasteiger partial charge is 0.427 e. The Hall–Kier alpha value is -0.0151. The average molecular weight is 58.9 g/mol. The van der Waals surface area contributed by atoms with Crippen LogP contribution in [0.2, 0.25) is 0 Å². The van der Waals surface area contributed by atoms with Crippen LogP contribution in [0.25, 0.3) is 0 Å². The molecule has 23 valence electrons. The van der Waals surface area contributed by atoms with E-state index in [-0.39, 0.29) is 0 Å². The van der Waals surface area contributed by atoms with Crippen molar-refractivity contribution in [2.24, 2.45) is 0 Å². The normalized spacial score (nSPS) is 6.75. The molecule has 0 bridgehead atoms. The van der Waals surface area contributed by atoms with E-state index in [9.17, 15) is 0 Å². The molecule has 0 saturated carbocycles. The summed E-state index contributed by atoms with van der Waals surface area (Å²) in [6.45, 7) is 2.75. The van der Waals surface area contributed by atoms with Gasteiger partial charge in [0.15, 0.2) is 0 Å². The highest BCUT2D eigenvalue weighted by Crippen LogP contribution is 1.47. The molecule has 0 heterocycles. The van der Waals surface area contributed by atoms with Crippen LogP contribution < -0.4 is 0 Å². The Bertz CT molecular complexity index is 10.8. The minimum atomic E-state index is -1.42. The van der Waals surface area contributed by atoms with Crippen LogP contribution >= 0.6 is 0 Å². The number of rotatable bonds is 0. The Morgan fingerprint density at radius 3 is 1.50 bits per heavy atom. The van der Waals surface area contributed by atoms with Gasteiger partial charge in [0.25, 0.3) is 0 Å². The summed E-state index contributed by atoms with van der Waals surface area (Å²) in [7, 11) is -1.42. The molecule has 0 amide bonds. The first-order valence-corrected chi connectivity index (χ1v) is 0.925. The molecule has 1 radical (unpaired) electrons. The van der Waals surface area contributed by atoms with Gasteiger partial charge in [-0.2, -0.15) is 0 Å². The third kappa shape index (κ3) is 8480. The second-order valence-electron chi connectivity index (χ2n) is 0.481. The van der Waals surface area contributed by atoms with E-state index in [0.717, 1.165) is 0 Å². The van der Waals surface area contributed by atoms with Gasteiger partial charge in [-0.1, -0.05) is 0 Å². The summed E-state index contributed by atoms with van der Waals surface area (Å²) in [6, 6.07) is 0. The van der Waals surface area contributed by atoms with Gasteiger partial charge in [0.1, 0.15) is 0 Å². The highest BCUT2D eigenvalue weighted by Gasteiger charge is 1.86. The van der Waals surface area contributed by atoms with Crippen molar-refractivity contribution in [1.29, 1.82) is 0 Å². The zero-order valence-electron chi connectivity index (χ0n) is 2.18. The fourth-order valence-electron chi connectivity index (χ4n) is 0. The predicted molar refractivity (Wildman–Crippen MR) is 15.5 cm³/mol. The van der Waals surface area contributed by atoms with Gasteiger partial charge < -0.3 is 10.0 Å². The molecule has 0 aromatic rings. The summed E-state index contributed by atoms with van der Waals surface area (Å²) in [5.74, 6) is 0. The van der Waals surface area contributed by atoms with Crippen molar-refractivity contribution >= 4 is 7.12 Å². The molecule has 3 heteroatoms. The highest BCUT2D eigenvalue weighted by atomic mass is 16.4. The second-order valence-corrected chi connectivity index (χ2v) is 0.481. The van der Waals surface area contributed by atoms with Crippen LogP contribution in [0.3, 0.4) is 0 Å². The van der Waals surface area contributed by atoms with E-state index >= 15 is 0 Å². The van der Waals surface area contributed by atoms with Crippen molar-refractivity contribution in [3.05, 3.63) is 6.82 Å². The Kier molecular flexibility index (Phi) is 1.31. The first-order chi connectivity index (χ1) is 1.73. The molecule has 0 aromatic carbocycles. The van der Waals surface area contributed by atoms with E-state index in [1.165, 1.54) is 0 Å². The molecule has 0 aliphatic heterocycles. The first kappa shape index (κ1) is 3.98. The van der Waals surface area contributed by atoms with Gasteiger partial charge in [0.2, 0.25) is 0 Å². The monoisotopic (exact) mass is 59.0 g/mol. The van der Waals surface area contributed by atoms with Crippen molar-refractivity contribution in [3.8, 4) is 0 Å². The predicted octanol–water partition coefficient (Wildman–Crippen LogP) is -1.17. The quantitative estimate of drug-likeness (QED) is 0.345. The van der Waals surface area contributed by atoms with Crippen LogP contribution in [0.1, 0.15) is 0 Å². The first-order valence-electron chi connectivity index (χ1n) is 0.925. The fraction of sp³-hybridized carbons (Fsp3) is 0. The molecule has 0 fully saturated rings. The molecule has 0 aliphatic rings. The molecule has 0 atom stereocenters. The largest absolute Gasteiger partial charge is 0.450 e. The van der Waals surface area contributed by atoms with E-state index in [1.807, 2.05) is 0 Å². The molecular weight excluding hydrogens is 54.8 g/mol. The van der Waals surface area contributed by atoms with Crippen molar-refractivity contribution in [1.82, 2.24) is 0 Å².